The van der Waals surface area contributed by atoms with Gasteiger partial charge < -0.3 is 25.3 Å². The third-order valence-corrected chi connectivity index (χ3v) is 9.86. The summed E-state index contributed by atoms with van der Waals surface area (Å²) < 4.78 is 29.5. The minimum atomic E-state index is -2.71. The molecule has 4 atom stereocenters. The van der Waals surface area contributed by atoms with Crippen molar-refractivity contribution in [1.82, 2.24) is 25.6 Å². The zero-order chi connectivity index (χ0) is 31.1. The van der Waals surface area contributed by atoms with Crippen LogP contribution in [0.5, 0.6) is 0 Å². The van der Waals surface area contributed by atoms with E-state index in [0.717, 1.165) is 54.7 Å². The van der Waals surface area contributed by atoms with Gasteiger partial charge in [0.1, 0.15) is 5.82 Å². The molecular formula is C37H43F2N5O. The Labute approximate surface area is 263 Å². The van der Waals surface area contributed by atoms with Gasteiger partial charge in [-0.3, -0.25) is 0 Å². The molecule has 4 unspecified atom stereocenters. The monoisotopic (exact) mass is 611 g/mol. The number of fused-ring (bicyclic) bond motifs is 4. The number of hydrogen-bond donors (Lipinski definition) is 4. The Morgan fingerprint density at radius 2 is 1.73 bits per heavy atom. The average Bonchev–Trinajstić information content (AvgIpc) is 3.89. The van der Waals surface area contributed by atoms with Gasteiger partial charge in [0.05, 0.1) is 23.7 Å². The standard InChI is InChI=1S/C35H37F2N5O.C2H6/c1-19-5-11-30(40-19)34-41-29-12-7-22-14-21(6-8-26(22)33(29)42-34)24-9-10-25(28-4-2-3-27(24)28)23-15-32(39-17-23)31-13-20(16-38-31)18-43-35(36)37;1-2/h6-10,12,14-15,17,19-20,30-31,35,38-40H,2-5,11,13,16,18H2,1H3,(H,41,42);1-2H3. The predicted molar refractivity (Wildman–Crippen MR) is 178 cm³/mol. The smallest absolute Gasteiger partial charge is 0.345 e. The fourth-order valence-corrected chi connectivity index (χ4v) is 7.69. The highest BCUT2D eigenvalue weighted by atomic mass is 19.3. The van der Waals surface area contributed by atoms with Gasteiger partial charge in [-0.2, -0.15) is 8.78 Å². The van der Waals surface area contributed by atoms with Crippen LogP contribution in [0.15, 0.2) is 54.7 Å². The number of nitrogens with one attached hydrogen (secondary N) is 4. The highest BCUT2D eigenvalue weighted by molar-refractivity contribution is 6.05. The van der Waals surface area contributed by atoms with Crippen LogP contribution in [0.4, 0.5) is 8.78 Å². The molecule has 6 nitrogen and oxygen atoms in total. The summed E-state index contributed by atoms with van der Waals surface area (Å²) in [7, 11) is 0. The lowest BCUT2D eigenvalue weighted by atomic mass is 9.90. The van der Waals surface area contributed by atoms with Gasteiger partial charge >= 0.3 is 6.61 Å². The van der Waals surface area contributed by atoms with Crippen LogP contribution in [-0.2, 0) is 17.6 Å². The molecule has 3 aliphatic rings. The van der Waals surface area contributed by atoms with Gasteiger partial charge in [-0.1, -0.05) is 44.2 Å². The molecule has 2 saturated heterocycles. The number of benzene rings is 3. The van der Waals surface area contributed by atoms with Crippen LogP contribution in [0.3, 0.4) is 0 Å². The second kappa shape index (κ2) is 12.7. The molecule has 236 valence electrons. The van der Waals surface area contributed by atoms with Crippen molar-refractivity contribution in [3.8, 4) is 22.3 Å². The van der Waals surface area contributed by atoms with E-state index in [1.54, 1.807) is 0 Å². The highest BCUT2D eigenvalue weighted by Gasteiger charge is 2.28. The number of hydrogen-bond acceptors (Lipinski definition) is 4. The molecule has 45 heavy (non-hydrogen) atoms. The van der Waals surface area contributed by atoms with Crippen molar-refractivity contribution in [3.63, 3.8) is 0 Å². The number of aromatic nitrogens is 3. The molecule has 8 rings (SSSR count). The van der Waals surface area contributed by atoms with E-state index in [1.165, 1.54) is 50.6 Å². The zero-order valence-electron chi connectivity index (χ0n) is 26.4. The normalized spacial score (nSPS) is 22.8. The van der Waals surface area contributed by atoms with Crippen molar-refractivity contribution in [2.45, 2.75) is 84.0 Å². The van der Waals surface area contributed by atoms with Crippen molar-refractivity contribution in [3.05, 3.63) is 77.4 Å². The van der Waals surface area contributed by atoms with Crippen LogP contribution in [0, 0.1) is 5.92 Å². The van der Waals surface area contributed by atoms with E-state index in [-0.39, 0.29) is 18.6 Å². The predicted octanol–water partition coefficient (Wildman–Crippen LogP) is 8.60. The van der Waals surface area contributed by atoms with E-state index in [9.17, 15) is 8.78 Å². The minimum Gasteiger partial charge on any atom is -0.363 e. The molecule has 2 fully saturated rings. The van der Waals surface area contributed by atoms with Crippen molar-refractivity contribution in [2.75, 3.05) is 13.2 Å². The maximum absolute atomic E-state index is 12.5. The van der Waals surface area contributed by atoms with E-state index in [4.69, 9.17) is 4.98 Å². The first-order valence-corrected chi connectivity index (χ1v) is 16.7. The summed E-state index contributed by atoms with van der Waals surface area (Å²) in [6.07, 6.45) is 8.49. The molecule has 5 aromatic rings. The minimum absolute atomic E-state index is 0.0867. The van der Waals surface area contributed by atoms with Crippen LogP contribution in [0.25, 0.3) is 44.1 Å². The van der Waals surface area contributed by atoms with E-state index in [0.29, 0.717) is 18.6 Å². The molecule has 0 bridgehead atoms. The molecule has 0 spiro atoms. The summed E-state index contributed by atoms with van der Waals surface area (Å²) in [6, 6.07) is 18.9. The number of aromatic amines is 2. The maximum Gasteiger partial charge on any atom is 0.345 e. The summed E-state index contributed by atoms with van der Waals surface area (Å²) in [6.45, 7) is 4.30. The van der Waals surface area contributed by atoms with Crippen LogP contribution < -0.4 is 10.6 Å². The van der Waals surface area contributed by atoms with Crippen LogP contribution >= 0.6 is 0 Å². The van der Waals surface area contributed by atoms with Crippen molar-refractivity contribution in [2.24, 2.45) is 5.92 Å². The SMILES string of the molecule is CC.CC1CCC(c2nc3c(ccc4cc(-c5ccc(-c6c[nH]c(C7CC(COC(F)F)CN7)c6)c6c5CCC6)ccc43)[nH]2)N1. The molecule has 2 aromatic heterocycles. The van der Waals surface area contributed by atoms with E-state index < -0.39 is 6.61 Å². The second-order valence-electron chi connectivity index (χ2n) is 12.7. The largest absolute Gasteiger partial charge is 0.363 e. The first-order valence-electron chi connectivity index (χ1n) is 16.7. The van der Waals surface area contributed by atoms with Crippen molar-refractivity contribution in [1.29, 1.82) is 0 Å². The Morgan fingerprint density at radius 1 is 0.933 bits per heavy atom. The van der Waals surface area contributed by atoms with Gasteiger partial charge in [-0.05, 0) is 108 Å². The third-order valence-electron chi connectivity index (χ3n) is 9.86. The Hall–Kier alpha value is -3.59. The molecule has 0 saturated carbocycles. The number of imidazole rings is 1. The first kappa shape index (κ1) is 30.1. The molecule has 3 aromatic carbocycles. The Bertz CT molecular complexity index is 1810. The molecule has 4 heterocycles. The van der Waals surface area contributed by atoms with Gasteiger partial charge in [0.2, 0.25) is 0 Å². The highest BCUT2D eigenvalue weighted by Crippen LogP contribution is 2.41. The van der Waals surface area contributed by atoms with Gasteiger partial charge in [-0.15, -0.1) is 0 Å². The summed E-state index contributed by atoms with van der Waals surface area (Å²) in [5.74, 6) is 1.14. The summed E-state index contributed by atoms with van der Waals surface area (Å²) in [5.41, 5.74) is 11.2. The van der Waals surface area contributed by atoms with E-state index >= 15 is 0 Å². The quantitative estimate of drug-likeness (QED) is 0.149. The third kappa shape index (κ3) is 5.80. The summed E-state index contributed by atoms with van der Waals surface area (Å²) in [4.78, 5) is 12.1. The number of nitrogens with zero attached hydrogens (tertiary/aromatic N) is 1. The van der Waals surface area contributed by atoms with Crippen LogP contribution in [-0.4, -0.2) is 40.8 Å². The topological polar surface area (TPSA) is 77.8 Å². The lowest BCUT2D eigenvalue weighted by molar-refractivity contribution is -0.136. The van der Waals surface area contributed by atoms with E-state index in [2.05, 4.69) is 87.0 Å². The molecule has 8 heteroatoms. The van der Waals surface area contributed by atoms with Crippen LogP contribution in [0.2, 0.25) is 0 Å². The molecule has 1 aliphatic carbocycles. The molecular weight excluding hydrogens is 568 g/mol. The molecule has 2 aliphatic heterocycles. The number of ether oxygens (including phenoxy) is 1. The molecule has 0 radical (unpaired) electrons. The van der Waals surface area contributed by atoms with E-state index in [1.807, 2.05) is 13.8 Å². The summed E-state index contributed by atoms with van der Waals surface area (Å²) >= 11 is 0. The van der Waals surface area contributed by atoms with Gasteiger partial charge in [-0.25, -0.2) is 4.98 Å². The fourth-order valence-electron chi connectivity index (χ4n) is 7.69. The fraction of sp³-hybridized carbons (Fsp3) is 0.432. The summed E-state index contributed by atoms with van der Waals surface area (Å²) in [5, 5.41) is 9.52. The Balaban J connectivity index is 0.00000160. The van der Waals surface area contributed by atoms with Crippen LogP contribution in [0.1, 0.15) is 81.2 Å². The maximum atomic E-state index is 12.5. The first-order chi connectivity index (χ1) is 22.0. The zero-order valence-corrected chi connectivity index (χ0v) is 26.4. The second-order valence-corrected chi connectivity index (χ2v) is 12.7. The van der Waals surface area contributed by atoms with Crippen molar-refractivity contribution >= 4 is 21.8 Å². The van der Waals surface area contributed by atoms with Gasteiger partial charge in [0, 0.05) is 35.9 Å². The van der Waals surface area contributed by atoms with Gasteiger partial charge in [0.15, 0.2) is 0 Å². The number of H-pyrrole nitrogens is 2. The van der Waals surface area contributed by atoms with Gasteiger partial charge in [0.25, 0.3) is 0 Å². The Morgan fingerprint density at radius 3 is 2.49 bits per heavy atom. The Kier molecular flexibility index (Phi) is 8.46. The lowest BCUT2D eigenvalue weighted by Crippen LogP contribution is -2.21. The lowest BCUT2D eigenvalue weighted by Gasteiger charge is -2.14. The number of halogens is 2. The van der Waals surface area contributed by atoms with Crippen molar-refractivity contribution < 1.29 is 13.5 Å². The number of alkyl halides is 2. The number of rotatable bonds is 7. The average molecular weight is 612 g/mol. The molecule has 4 N–H and O–H groups in total. The molecule has 0 amide bonds.